The first-order valence-electron chi connectivity index (χ1n) is 14.1. The second kappa shape index (κ2) is 8.24. The molecule has 6 aromatic carbocycles. The minimum absolute atomic E-state index is 0.0281. The average molecular weight is 556 g/mol. The molecule has 0 aliphatic carbocycles. The lowest BCUT2D eigenvalue weighted by atomic mass is 9.33. The summed E-state index contributed by atoms with van der Waals surface area (Å²) in [6, 6.07) is 44.9. The highest BCUT2D eigenvalue weighted by Crippen LogP contribution is 2.53. The van der Waals surface area contributed by atoms with Gasteiger partial charge in [0.1, 0.15) is 23.0 Å². The molecule has 0 saturated heterocycles. The standard InChI is InChI=1S/C36H21BN2O2S/c1-2-10-22(11-3-1)38-26-14-8-16-28-34(26)37-35-27(38)15-9-17-29(35)41-31-21-23(20-30(40-28)36(31)37)39-24-12-4-6-18-32(24)42-33-19-7-5-13-25(33)39/h1-21H. The highest BCUT2D eigenvalue weighted by molar-refractivity contribution is 7.99. The summed E-state index contributed by atoms with van der Waals surface area (Å²) in [6.45, 7) is 0.0281. The van der Waals surface area contributed by atoms with Gasteiger partial charge < -0.3 is 19.3 Å². The van der Waals surface area contributed by atoms with Gasteiger partial charge in [-0.05, 0) is 71.6 Å². The van der Waals surface area contributed by atoms with Crippen LogP contribution in [0.2, 0.25) is 0 Å². The molecule has 196 valence electrons. The van der Waals surface area contributed by atoms with Gasteiger partial charge >= 0.3 is 0 Å². The van der Waals surface area contributed by atoms with Crippen LogP contribution in [0.4, 0.5) is 34.1 Å². The normalized spacial score (nSPS) is 14.3. The number of benzene rings is 6. The zero-order valence-electron chi connectivity index (χ0n) is 22.3. The zero-order chi connectivity index (χ0) is 27.4. The molecule has 10 rings (SSSR count). The van der Waals surface area contributed by atoms with Crippen LogP contribution in [0.5, 0.6) is 23.0 Å². The van der Waals surface area contributed by atoms with Crippen molar-refractivity contribution in [1.29, 1.82) is 0 Å². The van der Waals surface area contributed by atoms with Crippen molar-refractivity contribution in [2.75, 3.05) is 9.80 Å². The Labute approximate surface area is 247 Å². The van der Waals surface area contributed by atoms with Crippen molar-refractivity contribution in [3.63, 3.8) is 0 Å². The predicted octanol–water partition coefficient (Wildman–Crippen LogP) is 8.13. The first-order valence-corrected chi connectivity index (χ1v) is 15.0. The molecule has 0 radical (unpaired) electrons. The van der Waals surface area contributed by atoms with Crippen LogP contribution in [0.15, 0.2) is 137 Å². The molecule has 0 fully saturated rings. The molecular weight excluding hydrogens is 535 g/mol. The monoisotopic (exact) mass is 556 g/mol. The van der Waals surface area contributed by atoms with E-state index in [4.69, 9.17) is 9.47 Å². The third kappa shape index (κ3) is 2.94. The smallest absolute Gasteiger partial charge is 0.266 e. The first kappa shape index (κ1) is 22.6. The van der Waals surface area contributed by atoms with Gasteiger partial charge in [0.15, 0.2) is 0 Å². The van der Waals surface area contributed by atoms with Gasteiger partial charge in [0.25, 0.3) is 6.71 Å². The summed E-state index contributed by atoms with van der Waals surface area (Å²) in [6.07, 6.45) is 0. The number of hydrogen-bond donors (Lipinski definition) is 0. The van der Waals surface area contributed by atoms with Gasteiger partial charge in [-0.15, -0.1) is 0 Å². The number of ether oxygens (including phenoxy) is 2. The molecule has 0 amide bonds. The lowest BCUT2D eigenvalue weighted by Crippen LogP contribution is -2.61. The number of rotatable bonds is 2. The fraction of sp³-hybridized carbons (Fsp3) is 0. The van der Waals surface area contributed by atoms with Crippen molar-refractivity contribution in [3.8, 4) is 23.0 Å². The summed E-state index contributed by atoms with van der Waals surface area (Å²) in [5.41, 5.74) is 10.2. The molecule has 0 saturated carbocycles. The Hall–Kier alpha value is -5.07. The van der Waals surface area contributed by atoms with Crippen molar-refractivity contribution >= 4 is 69.0 Å². The number of fused-ring (bicyclic) bond motifs is 2. The lowest BCUT2D eigenvalue weighted by molar-refractivity contribution is 0.464. The summed E-state index contributed by atoms with van der Waals surface area (Å²) >= 11 is 1.81. The van der Waals surface area contributed by atoms with Gasteiger partial charge in [-0.3, -0.25) is 0 Å². The zero-order valence-corrected chi connectivity index (χ0v) is 23.1. The molecule has 0 aromatic heterocycles. The van der Waals surface area contributed by atoms with Gasteiger partial charge in [-0.2, -0.15) is 0 Å². The van der Waals surface area contributed by atoms with Crippen LogP contribution < -0.4 is 35.7 Å². The van der Waals surface area contributed by atoms with Crippen LogP contribution in [0, 0.1) is 0 Å². The maximum Gasteiger partial charge on any atom is 0.266 e. The fourth-order valence-electron chi connectivity index (χ4n) is 7.02. The Morgan fingerprint density at radius 1 is 0.429 bits per heavy atom. The SMILES string of the molecule is c1ccc(N2c3cccc4c3B3c5c(cc(N6c7ccccc7Sc7ccccc76)cc5Oc5cccc2c53)O4)cc1. The van der Waals surface area contributed by atoms with E-state index in [9.17, 15) is 0 Å². The number of hydrogen-bond acceptors (Lipinski definition) is 5. The molecule has 4 nitrogen and oxygen atoms in total. The second-order valence-corrected chi connectivity index (χ2v) is 12.0. The second-order valence-electron chi connectivity index (χ2n) is 10.9. The highest BCUT2D eigenvalue weighted by atomic mass is 32.2. The van der Waals surface area contributed by atoms with E-state index >= 15 is 0 Å². The van der Waals surface area contributed by atoms with Gasteiger partial charge in [0.05, 0.1) is 17.1 Å². The Bertz CT molecular complexity index is 1990. The van der Waals surface area contributed by atoms with Crippen molar-refractivity contribution < 1.29 is 9.47 Å². The van der Waals surface area contributed by atoms with E-state index in [1.54, 1.807) is 0 Å². The molecular formula is C36H21BN2O2S. The largest absolute Gasteiger partial charge is 0.458 e. The molecule has 0 N–H and O–H groups in total. The van der Waals surface area contributed by atoms with Crippen LogP contribution in [0.1, 0.15) is 0 Å². The maximum atomic E-state index is 6.80. The van der Waals surface area contributed by atoms with Gasteiger partial charge in [-0.25, -0.2) is 0 Å². The molecule has 6 heteroatoms. The van der Waals surface area contributed by atoms with Crippen LogP contribution in [-0.2, 0) is 0 Å². The Kier molecular flexibility index (Phi) is 4.44. The Morgan fingerprint density at radius 3 is 1.52 bits per heavy atom. The Morgan fingerprint density at radius 2 is 0.929 bits per heavy atom. The van der Waals surface area contributed by atoms with E-state index in [-0.39, 0.29) is 6.71 Å². The third-order valence-electron chi connectivity index (χ3n) is 8.67. The molecule has 4 heterocycles. The fourth-order valence-corrected chi connectivity index (χ4v) is 8.08. The average Bonchev–Trinajstić information content (AvgIpc) is 3.04. The maximum absolute atomic E-state index is 6.80. The molecule has 0 bridgehead atoms. The number of nitrogens with zero attached hydrogens (tertiary/aromatic N) is 2. The van der Waals surface area contributed by atoms with E-state index in [0.29, 0.717) is 0 Å². The van der Waals surface area contributed by atoms with Gasteiger partial charge in [0, 0.05) is 44.4 Å². The molecule has 42 heavy (non-hydrogen) atoms. The number of para-hydroxylation sites is 3. The topological polar surface area (TPSA) is 24.9 Å². The van der Waals surface area contributed by atoms with Crippen LogP contribution in [0.3, 0.4) is 0 Å². The molecule has 4 aliphatic rings. The third-order valence-corrected chi connectivity index (χ3v) is 9.80. The summed E-state index contributed by atoms with van der Waals surface area (Å²) in [7, 11) is 0. The van der Waals surface area contributed by atoms with E-state index in [1.807, 2.05) is 11.8 Å². The van der Waals surface area contributed by atoms with Gasteiger partial charge in [0.2, 0.25) is 0 Å². The van der Waals surface area contributed by atoms with Crippen molar-refractivity contribution in [3.05, 3.63) is 127 Å². The molecule has 6 aromatic rings. The highest BCUT2D eigenvalue weighted by Gasteiger charge is 2.47. The summed E-state index contributed by atoms with van der Waals surface area (Å²) in [5, 5.41) is 0. The van der Waals surface area contributed by atoms with Crippen LogP contribution in [0.25, 0.3) is 0 Å². The van der Waals surface area contributed by atoms with Crippen LogP contribution >= 0.6 is 11.8 Å². The molecule has 0 atom stereocenters. The predicted molar refractivity (Wildman–Crippen MR) is 171 cm³/mol. The van der Waals surface area contributed by atoms with E-state index < -0.39 is 0 Å². The summed E-state index contributed by atoms with van der Waals surface area (Å²) < 4.78 is 13.6. The van der Waals surface area contributed by atoms with E-state index in [2.05, 4.69) is 137 Å². The van der Waals surface area contributed by atoms with Gasteiger partial charge in [-0.1, -0.05) is 66.4 Å². The van der Waals surface area contributed by atoms with Crippen molar-refractivity contribution in [2.45, 2.75) is 9.79 Å². The minimum Gasteiger partial charge on any atom is -0.458 e. The van der Waals surface area contributed by atoms with Crippen LogP contribution in [-0.4, -0.2) is 6.71 Å². The Balaban J connectivity index is 1.22. The molecule has 0 unspecified atom stereocenters. The molecule has 4 aliphatic heterocycles. The van der Waals surface area contributed by atoms with E-state index in [1.165, 1.54) is 20.7 Å². The minimum atomic E-state index is 0.0281. The lowest BCUT2D eigenvalue weighted by Gasteiger charge is -2.43. The molecule has 0 spiro atoms. The van der Waals surface area contributed by atoms with Crippen molar-refractivity contribution in [1.82, 2.24) is 0 Å². The quantitative estimate of drug-likeness (QED) is 0.200. The first-order chi connectivity index (χ1) is 20.8. The van der Waals surface area contributed by atoms with E-state index in [0.717, 1.165) is 62.6 Å². The number of anilines is 6. The van der Waals surface area contributed by atoms with Crippen molar-refractivity contribution in [2.24, 2.45) is 0 Å². The summed E-state index contributed by atoms with van der Waals surface area (Å²) in [5.74, 6) is 3.48. The summed E-state index contributed by atoms with van der Waals surface area (Å²) in [4.78, 5) is 7.12.